The molecular weight excluding hydrogens is 989 g/mol. The highest BCUT2D eigenvalue weighted by atomic mass is 16.3. The summed E-state index contributed by atoms with van der Waals surface area (Å²) in [6.07, 6.45) is 0. The van der Waals surface area contributed by atoms with E-state index in [-0.39, 0.29) is 0 Å². The van der Waals surface area contributed by atoms with Gasteiger partial charge >= 0.3 is 0 Å². The largest absolute Gasteiger partial charge is 0.456 e. The molecule has 0 aliphatic heterocycles. The molecule has 81 heavy (non-hydrogen) atoms. The van der Waals surface area contributed by atoms with Gasteiger partial charge in [-0.1, -0.05) is 109 Å². The number of nitrogens with zero attached hydrogens (tertiary/aromatic N) is 6. The molecule has 0 fully saturated rings. The standard InChI is InChI=1S/C74H42N6O/c1-76-50-24-28-52(29-25-50)78-66-15-7-3-11-56(66)62-39-47(21-35-70(62)78)49-23-37-72-64(41-49)58-13-5-9-17-68(58)80(72)54-31-33-60-59-32-30-53(42-73(59)81-74(60)43-54)79-67-16-8-4-12-57(67)63-40-48(22-36-71(63)79)46-20-34-69-61(38-46)55-10-2-6-14-65(55)77(69)51-26-18-45(44-75)19-27-51/h2-43H. The lowest BCUT2D eigenvalue weighted by molar-refractivity contribution is 0.668. The monoisotopic (exact) mass is 1030 g/mol. The van der Waals surface area contributed by atoms with Gasteiger partial charge in [-0.3, -0.25) is 0 Å². The Bertz CT molecular complexity index is 5260. The van der Waals surface area contributed by atoms with Crippen LogP contribution in [-0.2, 0) is 0 Å². The second kappa shape index (κ2) is 17.1. The van der Waals surface area contributed by atoms with E-state index in [9.17, 15) is 5.26 Å². The van der Waals surface area contributed by atoms with Crippen LogP contribution in [-0.4, -0.2) is 18.3 Å². The summed E-state index contributed by atoms with van der Waals surface area (Å²) in [5, 5.41) is 21.1. The zero-order valence-electron chi connectivity index (χ0n) is 43.3. The molecule has 0 amide bonds. The molecule has 0 unspecified atom stereocenters. The lowest BCUT2D eigenvalue weighted by atomic mass is 10.0. The quantitative estimate of drug-likeness (QED) is 0.156. The van der Waals surface area contributed by atoms with Crippen molar-refractivity contribution in [2.24, 2.45) is 0 Å². The fourth-order valence-corrected chi connectivity index (χ4v) is 13.1. The molecule has 5 heterocycles. The van der Waals surface area contributed by atoms with Crippen LogP contribution in [0.2, 0.25) is 0 Å². The molecule has 0 N–H and O–H groups in total. The van der Waals surface area contributed by atoms with Crippen LogP contribution in [0.4, 0.5) is 5.69 Å². The van der Waals surface area contributed by atoms with Crippen LogP contribution < -0.4 is 0 Å². The number of furan rings is 1. The third-order valence-corrected chi connectivity index (χ3v) is 16.8. The summed E-state index contributed by atoms with van der Waals surface area (Å²) < 4.78 is 16.2. The highest BCUT2D eigenvalue weighted by molar-refractivity contribution is 6.16. The van der Waals surface area contributed by atoms with Gasteiger partial charge in [0.05, 0.1) is 62.3 Å². The molecule has 7 heteroatoms. The van der Waals surface area contributed by atoms with Gasteiger partial charge in [-0.15, -0.1) is 0 Å². The van der Waals surface area contributed by atoms with Crippen molar-refractivity contribution in [3.8, 4) is 51.1 Å². The summed E-state index contributed by atoms with van der Waals surface area (Å²) in [7, 11) is 0. The first kappa shape index (κ1) is 44.7. The topological polar surface area (TPSA) is 61.0 Å². The average Bonchev–Trinajstić information content (AvgIpc) is 4.52. The van der Waals surface area contributed by atoms with Crippen molar-refractivity contribution >= 4 is 115 Å². The van der Waals surface area contributed by atoms with Gasteiger partial charge in [-0.25, -0.2) is 4.85 Å². The van der Waals surface area contributed by atoms with Crippen molar-refractivity contribution in [1.29, 1.82) is 5.26 Å². The Morgan fingerprint density at radius 3 is 0.951 bits per heavy atom. The van der Waals surface area contributed by atoms with E-state index in [0.29, 0.717) is 11.3 Å². The van der Waals surface area contributed by atoms with Crippen LogP contribution in [0.15, 0.2) is 259 Å². The minimum Gasteiger partial charge on any atom is -0.456 e. The Kier molecular flexibility index (Phi) is 9.42. The van der Waals surface area contributed by atoms with E-state index in [1.54, 1.807) is 0 Å². The molecule has 12 aromatic carbocycles. The first-order valence-electron chi connectivity index (χ1n) is 27.1. The minimum absolute atomic E-state index is 0.631. The summed E-state index contributed by atoms with van der Waals surface area (Å²) in [5.41, 5.74) is 20.7. The normalized spacial score (nSPS) is 11.9. The van der Waals surface area contributed by atoms with Gasteiger partial charge in [0.15, 0.2) is 5.69 Å². The number of aromatic nitrogens is 4. The molecule has 0 radical (unpaired) electrons. The SMILES string of the molecule is [C-]#[N+]c1ccc(-n2c3ccccc3c3cc(-c4ccc5c(c4)c4ccccc4n5-c4ccc5c(c4)oc4cc(-n6c7ccccc7c7cc(-c8ccc9c(c8)c8ccccc8n9-c8ccc(C#N)cc8)ccc76)ccc45)ccc32)cc1. The van der Waals surface area contributed by atoms with E-state index in [1.807, 2.05) is 48.5 Å². The highest BCUT2D eigenvalue weighted by Crippen LogP contribution is 2.43. The van der Waals surface area contributed by atoms with Crippen LogP contribution in [0, 0.1) is 17.9 Å². The maximum atomic E-state index is 9.48. The predicted octanol–water partition coefficient (Wildman–Crippen LogP) is 19.7. The van der Waals surface area contributed by atoms with Crippen LogP contribution in [0.5, 0.6) is 0 Å². The number of fused-ring (bicyclic) bond motifs is 15. The van der Waals surface area contributed by atoms with E-state index < -0.39 is 0 Å². The second-order valence-corrected chi connectivity index (χ2v) is 21.1. The number of benzene rings is 12. The summed E-state index contributed by atoms with van der Waals surface area (Å²) in [6.45, 7) is 7.47. The van der Waals surface area contributed by atoms with Gasteiger partial charge in [0.2, 0.25) is 0 Å². The lowest BCUT2D eigenvalue weighted by Crippen LogP contribution is -1.94. The van der Waals surface area contributed by atoms with Gasteiger partial charge in [0, 0.05) is 88.7 Å². The van der Waals surface area contributed by atoms with Gasteiger partial charge in [-0.05, 0) is 156 Å². The van der Waals surface area contributed by atoms with E-state index in [2.05, 4.69) is 235 Å². The molecule has 374 valence electrons. The van der Waals surface area contributed by atoms with Crippen molar-refractivity contribution in [3.63, 3.8) is 0 Å². The smallest absolute Gasteiger partial charge is 0.187 e. The summed E-state index contributed by atoms with van der Waals surface area (Å²) in [4.78, 5) is 3.62. The van der Waals surface area contributed by atoms with Gasteiger partial charge in [0.25, 0.3) is 0 Å². The zero-order valence-corrected chi connectivity index (χ0v) is 43.3. The molecule has 0 aliphatic carbocycles. The summed E-state index contributed by atoms with van der Waals surface area (Å²) in [6, 6.07) is 92.9. The van der Waals surface area contributed by atoms with Crippen molar-refractivity contribution in [3.05, 3.63) is 272 Å². The molecule has 7 nitrogen and oxygen atoms in total. The second-order valence-electron chi connectivity index (χ2n) is 21.1. The number of nitriles is 1. The molecule has 0 aliphatic rings. The Balaban J connectivity index is 0.737. The lowest BCUT2D eigenvalue weighted by Gasteiger charge is -2.10. The third-order valence-electron chi connectivity index (χ3n) is 16.8. The highest BCUT2D eigenvalue weighted by Gasteiger charge is 2.21. The van der Waals surface area contributed by atoms with Crippen LogP contribution in [0.25, 0.3) is 159 Å². The van der Waals surface area contributed by atoms with Gasteiger partial charge in [0.1, 0.15) is 11.2 Å². The Morgan fingerprint density at radius 1 is 0.296 bits per heavy atom. The molecule has 0 bridgehead atoms. The van der Waals surface area contributed by atoms with Crippen LogP contribution >= 0.6 is 0 Å². The zero-order chi connectivity index (χ0) is 53.4. The van der Waals surface area contributed by atoms with Crippen molar-refractivity contribution in [2.45, 2.75) is 0 Å². The fourth-order valence-electron chi connectivity index (χ4n) is 13.1. The first-order valence-corrected chi connectivity index (χ1v) is 27.1. The maximum absolute atomic E-state index is 9.48. The first-order chi connectivity index (χ1) is 40.0. The fraction of sp³-hybridized carbons (Fsp3) is 0. The maximum Gasteiger partial charge on any atom is 0.187 e. The van der Waals surface area contributed by atoms with Crippen LogP contribution in [0.1, 0.15) is 5.56 Å². The Hall–Kier alpha value is -11.4. The third kappa shape index (κ3) is 6.61. The van der Waals surface area contributed by atoms with E-state index in [4.69, 9.17) is 11.0 Å². The van der Waals surface area contributed by atoms with Gasteiger partial charge < -0.3 is 22.7 Å². The molecule has 0 saturated carbocycles. The van der Waals surface area contributed by atoms with Crippen molar-refractivity contribution in [1.82, 2.24) is 18.3 Å². The molecule has 17 rings (SSSR count). The summed E-state index contributed by atoms with van der Waals surface area (Å²) >= 11 is 0. The average molecular weight is 1030 g/mol. The number of hydrogen-bond acceptors (Lipinski definition) is 2. The molecular formula is C74H42N6O. The molecule has 0 spiro atoms. The van der Waals surface area contributed by atoms with Gasteiger partial charge in [-0.2, -0.15) is 5.26 Å². The van der Waals surface area contributed by atoms with Crippen molar-refractivity contribution < 1.29 is 4.42 Å². The Labute approximate surface area is 463 Å². The molecule has 0 saturated heterocycles. The minimum atomic E-state index is 0.631. The molecule has 5 aromatic heterocycles. The Morgan fingerprint density at radius 2 is 0.605 bits per heavy atom. The molecule has 0 atom stereocenters. The number of rotatable bonds is 6. The van der Waals surface area contributed by atoms with E-state index in [0.717, 1.165) is 111 Å². The van der Waals surface area contributed by atoms with E-state index in [1.165, 1.54) is 43.1 Å². The predicted molar refractivity (Wildman–Crippen MR) is 333 cm³/mol. The number of hydrogen-bond donors (Lipinski definition) is 0. The number of para-hydroxylation sites is 4. The molecule has 17 aromatic rings. The van der Waals surface area contributed by atoms with Crippen LogP contribution in [0.3, 0.4) is 0 Å². The van der Waals surface area contributed by atoms with E-state index >= 15 is 0 Å². The van der Waals surface area contributed by atoms with Crippen molar-refractivity contribution in [2.75, 3.05) is 0 Å². The summed E-state index contributed by atoms with van der Waals surface area (Å²) in [5.74, 6) is 0.